The third kappa shape index (κ3) is 3.19. The smallest absolute Gasteiger partial charge is 0.350 e. The lowest BCUT2D eigenvalue weighted by atomic mass is 10.2. The van der Waals surface area contributed by atoms with Crippen molar-refractivity contribution in [2.45, 2.75) is 25.7 Å². The Hall–Kier alpha value is -2.81. The van der Waals surface area contributed by atoms with Gasteiger partial charge < -0.3 is 14.5 Å². The lowest BCUT2D eigenvalue weighted by Crippen LogP contribution is -2.31. The average molecular weight is 414 g/mol. The van der Waals surface area contributed by atoms with E-state index in [0.717, 1.165) is 47.2 Å². The van der Waals surface area contributed by atoms with E-state index in [1.165, 1.54) is 33.3 Å². The molecular formula is C20H23N5O3S. The summed E-state index contributed by atoms with van der Waals surface area (Å²) in [5, 5.41) is 5.21. The van der Waals surface area contributed by atoms with Crippen LogP contribution in [0.4, 0.5) is 10.7 Å². The number of rotatable bonds is 2. The van der Waals surface area contributed by atoms with E-state index < -0.39 is 0 Å². The van der Waals surface area contributed by atoms with Gasteiger partial charge in [-0.1, -0.05) is 12.8 Å². The molecule has 2 aliphatic heterocycles. The van der Waals surface area contributed by atoms with Crippen LogP contribution in [0, 0.1) is 0 Å². The van der Waals surface area contributed by atoms with Gasteiger partial charge in [-0.3, -0.25) is 9.20 Å². The van der Waals surface area contributed by atoms with Crippen molar-refractivity contribution in [3.05, 3.63) is 39.8 Å². The average Bonchev–Trinajstić information content (AvgIpc) is 3.15. The first-order valence-electron chi connectivity index (χ1n) is 10.0. The SMILES string of the molecule is Cn1nc2cc(N3CCOc4cc(C(=O)N5CCCCCC5)sc43)ccn2c1=O. The Morgan fingerprint density at radius 3 is 2.72 bits per heavy atom. The van der Waals surface area contributed by atoms with Gasteiger partial charge in [-0.05, 0) is 18.9 Å². The molecule has 0 saturated carbocycles. The van der Waals surface area contributed by atoms with Crippen molar-refractivity contribution >= 4 is 33.6 Å². The number of pyridine rings is 1. The molecule has 0 radical (unpaired) electrons. The number of amides is 1. The monoisotopic (exact) mass is 413 g/mol. The zero-order chi connectivity index (χ0) is 20.0. The zero-order valence-corrected chi connectivity index (χ0v) is 17.2. The van der Waals surface area contributed by atoms with E-state index in [1.807, 2.05) is 23.1 Å². The van der Waals surface area contributed by atoms with Crippen LogP contribution in [-0.2, 0) is 7.05 Å². The van der Waals surface area contributed by atoms with Crippen LogP contribution in [0.2, 0.25) is 0 Å². The molecule has 29 heavy (non-hydrogen) atoms. The lowest BCUT2D eigenvalue weighted by Gasteiger charge is -2.28. The highest BCUT2D eigenvalue weighted by Crippen LogP contribution is 2.44. The molecule has 9 heteroatoms. The second kappa shape index (κ2) is 7.22. The highest BCUT2D eigenvalue weighted by atomic mass is 32.1. The molecule has 5 heterocycles. The van der Waals surface area contributed by atoms with Crippen LogP contribution in [-0.4, -0.2) is 51.2 Å². The molecule has 2 aliphatic rings. The molecule has 0 spiro atoms. The summed E-state index contributed by atoms with van der Waals surface area (Å²) >= 11 is 1.48. The molecule has 3 aromatic rings. The Morgan fingerprint density at radius 1 is 1.14 bits per heavy atom. The van der Waals surface area contributed by atoms with E-state index in [2.05, 4.69) is 10.00 Å². The van der Waals surface area contributed by atoms with E-state index in [-0.39, 0.29) is 11.6 Å². The van der Waals surface area contributed by atoms with Crippen LogP contribution in [0.3, 0.4) is 0 Å². The summed E-state index contributed by atoms with van der Waals surface area (Å²) in [5.74, 6) is 0.847. The molecule has 1 amide bonds. The fraction of sp³-hybridized carbons (Fsp3) is 0.450. The standard InChI is InChI=1S/C20H23N5O3S/c1-22-20(27)25-9-6-14(12-17(25)21-22)24-10-11-28-15-13-16(29-19(15)24)18(26)23-7-4-2-3-5-8-23/h6,9,12-13H,2-5,7-8,10-11H2,1H3. The first-order valence-corrected chi connectivity index (χ1v) is 10.8. The fourth-order valence-electron chi connectivity index (χ4n) is 4.02. The molecule has 0 bridgehead atoms. The van der Waals surface area contributed by atoms with Gasteiger partial charge in [-0.15, -0.1) is 11.3 Å². The molecule has 5 rings (SSSR count). The number of hydrogen-bond acceptors (Lipinski definition) is 6. The summed E-state index contributed by atoms with van der Waals surface area (Å²) in [5.41, 5.74) is 1.36. The van der Waals surface area contributed by atoms with Crippen molar-refractivity contribution in [1.82, 2.24) is 19.1 Å². The summed E-state index contributed by atoms with van der Waals surface area (Å²) in [4.78, 5) is 29.9. The fourth-order valence-corrected chi connectivity index (χ4v) is 5.14. The number of fused-ring (bicyclic) bond motifs is 2. The largest absolute Gasteiger partial charge is 0.489 e. The topological polar surface area (TPSA) is 72.1 Å². The summed E-state index contributed by atoms with van der Waals surface area (Å²) in [6, 6.07) is 5.68. The van der Waals surface area contributed by atoms with E-state index >= 15 is 0 Å². The zero-order valence-electron chi connectivity index (χ0n) is 16.3. The lowest BCUT2D eigenvalue weighted by molar-refractivity contribution is 0.0766. The normalized spacial score (nSPS) is 17.1. The second-order valence-corrected chi connectivity index (χ2v) is 8.54. The van der Waals surface area contributed by atoms with Crippen LogP contribution >= 0.6 is 11.3 Å². The van der Waals surface area contributed by atoms with Gasteiger partial charge in [0.25, 0.3) is 5.91 Å². The van der Waals surface area contributed by atoms with Gasteiger partial charge in [0.05, 0.1) is 11.4 Å². The van der Waals surface area contributed by atoms with Gasteiger partial charge in [0.2, 0.25) is 0 Å². The van der Waals surface area contributed by atoms with Crippen molar-refractivity contribution in [2.24, 2.45) is 7.05 Å². The van der Waals surface area contributed by atoms with Crippen molar-refractivity contribution in [2.75, 3.05) is 31.1 Å². The number of carbonyl (C=O) groups excluding carboxylic acids is 1. The van der Waals surface area contributed by atoms with Gasteiger partial charge in [0.15, 0.2) is 11.4 Å². The van der Waals surface area contributed by atoms with Gasteiger partial charge in [-0.25, -0.2) is 9.48 Å². The number of nitrogens with zero attached hydrogens (tertiary/aromatic N) is 5. The number of thiophene rings is 1. The molecule has 8 nitrogen and oxygen atoms in total. The van der Waals surface area contributed by atoms with Crippen LogP contribution in [0.5, 0.6) is 5.75 Å². The third-order valence-electron chi connectivity index (χ3n) is 5.57. The Kier molecular flexibility index (Phi) is 4.54. The Morgan fingerprint density at radius 2 is 1.93 bits per heavy atom. The predicted octanol–water partition coefficient (Wildman–Crippen LogP) is 2.64. The second-order valence-electron chi connectivity index (χ2n) is 7.51. The van der Waals surface area contributed by atoms with Crippen molar-refractivity contribution < 1.29 is 9.53 Å². The Balaban J connectivity index is 1.48. The van der Waals surface area contributed by atoms with E-state index in [0.29, 0.717) is 18.8 Å². The number of aryl methyl sites for hydroxylation is 1. The molecule has 0 aromatic carbocycles. The summed E-state index contributed by atoms with van der Waals surface area (Å²) < 4.78 is 8.70. The molecule has 0 N–H and O–H groups in total. The molecule has 3 aromatic heterocycles. The predicted molar refractivity (Wildman–Crippen MR) is 112 cm³/mol. The summed E-state index contributed by atoms with van der Waals surface area (Å²) in [7, 11) is 1.64. The molecule has 1 fully saturated rings. The number of likely N-dealkylation sites (tertiary alicyclic amines) is 1. The minimum Gasteiger partial charge on any atom is -0.489 e. The maximum atomic E-state index is 13.0. The quantitative estimate of drug-likeness (QED) is 0.646. The van der Waals surface area contributed by atoms with E-state index in [4.69, 9.17) is 4.74 Å². The minimum atomic E-state index is -0.171. The van der Waals surface area contributed by atoms with Crippen molar-refractivity contribution in [1.29, 1.82) is 0 Å². The molecule has 0 atom stereocenters. The van der Waals surface area contributed by atoms with E-state index in [9.17, 15) is 9.59 Å². The number of hydrogen-bond donors (Lipinski definition) is 0. The maximum Gasteiger partial charge on any atom is 0.350 e. The maximum absolute atomic E-state index is 13.0. The number of anilines is 2. The first kappa shape index (κ1) is 18.2. The van der Waals surface area contributed by atoms with Crippen LogP contribution < -0.4 is 15.3 Å². The molecule has 0 aliphatic carbocycles. The van der Waals surface area contributed by atoms with Crippen LogP contribution in [0.25, 0.3) is 5.65 Å². The van der Waals surface area contributed by atoms with Crippen LogP contribution in [0.1, 0.15) is 35.4 Å². The Bertz CT molecular complexity index is 1120. The highest BCUT2D eigenvalue weighted by molar-refractivity contribution is 7.18. The highest BCUT2D eigenvalue weighted by Gasteiger charge is 2.27. The summed E-state index contributed by atoms with van der Waals surface area (Å²) in [6.07, 6.45) is 6.28. The van der Waals surface area contributed by atoms with Gasteiger partial charge in [-0.2, -0.15) is 5.10 Å². The minimum absolute atomic E-state index is 0.0987. The van der Waals surface area contributed by atoms with Crippen molar-refractivity contribution in [3.8, 4) is 5.75 Å². The number of aromatic nitrogens is 3. The van der Waals surface area contributed by atoms with Gasteiger partial charge in [0.1, 0.15) is 11.6 Å². The van der Waals surface area contributed by atoms with E-state index in [1.54, 1.807) is 13.2 Å². The first-order chi connectivity index (χ1) is 14.1. The molecule has 152 valence electrons. The Labute approximate surface area is 171 Å². The number of carbonyl (C=O) groups is 1. The molecule has 0 unspecified atom stereocenters. The summed E-state index contributed by atoms with van der Waals surface area (Å²) in [6.45, 7) is 2.88. The third-order valence-corrected chi connectivity index (χ3v) is 6.69. The van der Waals surface area contributed by atoms with Gasteiger partial charge in [0, 0.05) is 44.2 Å². The molecular weight excluding hydrogens is 390 g/mol. The van der Waals surface area contributed by atoms with Crippen molar-refractivity contribution in [3.63, 3.8) is 0 Å². The number of ether oxygens (including phenoxy) is 1. The van der Waals surface area contributed by atoms with Gasteiger partial charge >= 0.3 is 5.69 Å². The van der Waals surface area contributed by atoms with Crippen LogP contribution in [0.15, 0.2) is 29.2 Å². The molecule has 1 saturated heterocycles.